The second kappa shape index (κ2) is 5.34. The molecule has 0 aliphatic heterocycles. The number of imidazole rings is 1. The lowest BCUT2D eigenvalue weighted by Gasteiger charge is -2.09. The van der Waals surface area contributed by atoms with Crippen LogP contribution in [-0.4, -0.2) is 21.8 Å². The highest BCUT2D eigenvalue weighted by atomic mass is 16.5. The average molecular weight is 319 g/mol. The van der Waals surface area contributed by atoms with Gasteiger partial charge in [-0.05, 0) is 29.4 Å². The maximum atomic E-state index is 11.4. The lowest BCUT2D eigenvalue weighted by molar-refractivity contribution is 0.415. The summed E-state index contributed by atoms with van der Waals surface area (Å²) < 4.78 is 6.89. The van der Waals surface area contributed by atoms with Gasteiger partial charge in [-0.3, -0.25) is 4.57 Å². The zero-order valence-corrected chi connectivity index (χ0v) is 12.8. The first-order valence-electron chi connectivity index (χ1n) is 7.33. The molecule has 3 aromatic carbocycles. The number of benzene rings is 3. The average Bonchev–Trinajstić information content (AvgIpc) is 3.07. The van der Waals surface area contributed by atoms with Crippen molar-refractivity contribution in [2.24, 2.45) is 5.18 Å². The van der Waals surface area contributed by atoms with E-state index in [1.54, 1.807) is 42.3 Å². The molecule has 0 atom stereocenters. The highest BCUT2D eigenvalue weighted by Crippen LogP contribution is 2.42. The van der Waals surface area contributed by atoms with Crippen molar-refractivity contribution < 1.29 is 9.84 Å². The molecule has 118 valence electrons. The first kappa shape index (κ1) is 14.2. The molecule has 4 rings (SSSR count). The third-order valence-corrected chi connectivity index (χ3v) is 4.10. The summed E-state index contributed by atoms with van der Waals surface area (Å²) in [6.07, 6.45) is 1.57. The molecule has 0 unspecified atom stereocenters. The molecule has 0 aliphatic rings. The Labute approximate surface area is 136 Å². The summed E-state index contributed by atoms with van der Waals surface area (Å²) in [6.45, 7) is 0. The highest BCUT2D eigenvalue weighted by molar-refractivity contribution is 6.12. The highest BCUT2D eigenvalue weighted by Gasteiger charge is 2.19. The van der Waals surface area contributed by atoms with Crippen molar-refractivity contribution in [3.63, 3.8) is 0 Å². The molecular weight excluding hydrogens is 306 g/mol. The largest absolute Gasteiger partial charge is 0.505 e. The van der Waals surface area contributed by atoms with Crippen LogP contribution in [0.25, 0.3) is 27.5 Å². The number of aromatic hydroxyl groups is 1. The summed E-state index contributed by atoms with van der Waals surface area (Å²) in [6, 6.07) is 14.4. The second-order valence-electron chi connectivity index (χ2n) is 5.34. The van der Waals surface area contributed by atoms with Crippen molar-refractivity contribution in [1.29, 1.82) is 0 Å². The maximum absolute atomic E-state index is 11.4. The molecule has 6 heteroatoms. The van der Waals surface area contributed by atoms with Gasteiger partial charge in [-0.1, -0.05) is 24.3 Å². The number of hydrogen-bond donors (Lipinski definition) is 1. The molecule has 0 fully saturated rings. The Kier molecular flexibility index (Phi) is 3.16. The van der Waals surface area contributed by atoms with Gasteiger partial charge in [0.1, 0.15) is 34.5 Å². The van der Waals surface area contributed by atoms with Crippen LogP contribution in [0.3, 0.4) is 0 Å². The number of hydrogen-bond acceptors (Lipinski definition) is 5. The van der Waals surface area contributed by atoms with Gasteiger partial charge >= 0.3 is 0 Å². The van der Waals surface area contributed by atoms with Crippen LogP contribution in [-0.2, 0) is 0 Å². The number of phenols is 1. The zero-order valence-electron chi connectivity index (χ0n) is 12.8. The minimum absolute atomic E-state index is 0.0707. The van der Waals surface area contributed by atoms with E-state index in [0.717, 1.165) is 11.4 Å². The Balaban J connectivity index is 2.08. The Morgan fingerprint density at radius 3 is 2.46 bits per heavy atom. The van der Waals surface area contributed by atoms with E-state index in [4.69, 9.17) is 4.74 Å². The van der Waals surface area contributed by atoms with Gasteiger partial charge in [0.25, 0.3) is 0 Å². The number of aromatic nitrogens is 2. The maximum Gasteiger partial charge on any atom is 0.149 e. The van der Waals surface area contributed by atoms with Gasteiger partial charge in [0.15, 0.2) is 0 Å². The molecule has 1 aromatic heterocycles. The summed E-state index contributed by atoms with van der Waals surface area (Å²) in [5, 5.41) is 15.0. The number of phenolic OH excluding ortho intramolecular Hbond substituents is 1. The Morgan fingerprint density at radius 1 is 1.08 bits per heavy atom. The molecule has 1 heterocycles. The second-order valence-corrected chi connectivity index (χ2v) is 5.34. The normalized spacial score (nSPS) is 11.0. The van der Waals surface area contributed by atoms with Crippen molar-refractivity contribution in [3.8, 4) is 17.2 Å². The Hall–Kier alpha value is -3.41. The van der Waals surface area contributed by atoms with E-state index >= 15 is 0 Å². The topological polar surface area (TPSA) is 76.7 Å². The van der Waals surface area contributed by atoms with Crippen LogP contribution in [0.2, 0.25) is 0 Å². The fourth-order valence-electron chi connectivity index (χ4n) is 2.93. The lowest BCUT2D eigenvalue weighted by Crippen LogP contribution is -1.93. The van der Waals surface area contributed by atoms with Gasteiger partial charge in [0.2, 0.25) is 0 Å². The van der Waals surface area contributed by atoms with Gasteiger partial charge in [-0.25, -0.2) is 4.98 Å². The van der Waals surface area contributed by atoms with E-state index in [-0.39, 0.29) is 11.4 Å². The van der Waals surface area contributed by atoms with E-state index < -0.39 is 0 Å². The fourth-order valence-corrected chi connectivity index (χ4v) is 2.93. The molecular formula is C18H13N3O3. The van der Waals surface area contributed by atoms with Crippen LogP contribution < -0.4 is 4.74 Å². The quantitative estimate of drug-likeness (QED) is 0.571. The standard InChI is InChI=1S/C18H13N3O3/c1-24-12-8-6-11(7-9-12)21-10-19-16-15(20-23)13-4-2-3-5-14(13)18(22)17(16)21/h2-10,22H,1H3. The van der Waals surface area contributed by atoms with Crippen molar-refractivity contribution in [2.45, 2.75) is 0 Å². The predicted molar refractivity (Wildman–Crippen MR) is 92.2 cm³/mol. The summed E-state index contributed by atoms with van der Waals surface area (Å²) in [4.78, 5) is 15.7. The van der Waals surface area contributed by atoms with Gasteiger partial charge in [-0.15, -0.1) is 4.91 Å². The number of fused-ring (bicyclic) bond motifs is 2. The molecule has 0 spiro atoms. The molecule has 24 heavy (non-hydrogen) atoms. The smallest absolute Gasteiger partial charge is 0.149 e. The molecule has 4 aromatic rings. The molecule has 6 nitrogen and oxygen atoms in total. The van der Waals surface area contributed by atoms with Crippen molar-refractivity contribution in [1.82, 2.24) is 9.55 Å². The summed E-state index contributed by atoms with van der Waals surface area (Å²) in [5.74, 6) is 0.800. The zero-order chi connectivity index (χ0) is 16.7. The predicted octanol–water partition coefficient (Wildman–Crippen LogP) is 4.29. The molecule has 0 amide bonds. The van der Waals surface area contributed by atoms with E-state index in [0.29, 0.717) is 21.8 Å². The van der Waals surface area contributed by atoms with Crippen molar-refractivity contribution in [3.05, 3.63) is 59.8 Å². The molecule has 0 saturated carbocycles. The van der Waals surface area contributed by atoms with E-state index in [1.165, 1.54) is 0 Å². The summed E-state index contributed by atoms with van der Waals surface area (Å²) in [5.41, 5.74) is 1.84. The van der Waals surface area contributed by atoms with Crippen LogP contribution in [0.4, 0.5) is 5.69 Å². The Bertz CT molecular complexity index is 1070. The van der Waals surface area contributed by atoms with Gasteiger partial charge in [0, 0.05) is 16.5 Å². The SMILES string of the molecule is COc1ccc(-n2cnc3c(N=O)c4ccccc4c(O)c32)cc1. The van der Waals surface area contributed by atoms with Crippen LogP contribution in [0.15, 0.2) is 60.0 Å². The third-order valence-electron chi connectivity index (χ3n) is 4.10. The van der Waals surface area contributed by atoms with E-state index in [9.17, 15) is 10.0 Å². The van der Waals surface area contributed by atoms with Crippen LogP contribution >= 0.6 is 0 Å². The van der Waals surface area contributed by atoms with Gasteiger partial charge in [0.05, 0.1) is 7.11 Å². The number of ether oxygens (including phenoxy) is 1. The van der Waals surface area contributed by atoms with Crippen LogP contribution in [0.5, 0.6) is 11.5 Å². The summed E-state index contributed by atoms with van der Waals surface area (Å²) in [7, 11) is 1.60. The van der Waals surface area contributed by atoms with Gasteiger partial charge < -0.3 is 9.84 Å². The molecule has 1 N–H and O–H groups in total. The van der Waals surface area contributed by atoms with Gasteiger partial charge in [-0.2, -0.15) is 0 Å². The minimum Gasteiger partial charge on any atom is -0.505 e. The lowest BCUT2D eigenvalue weighted by atomic mass is 10.1. The van der Waals surface area contributed by atoms with Crippen LogP contribution in [0.1, 0.15) is 0 Å². The first-order chi connectivity index (χ1) is 11.7. The van der Waals surface area contributed by atoms with E-state index in [2.05, 4.69) is 10.2 Å². The minimum atomic E-state index is 0.0707. The Morgan fingerprint density at radius 2 is 1.79 bits per heavy atom. The summed E-state index contributed by atoms with van der Waals surface area (Å²) >= 11 is 0. The van der Waals surface area contributed by atoms with Crippen LogP contribution in [0, 0.1) is 4.91 Å². The van der Waals surface area contributed by atoms with E-state index in [1.807, 2.05) is 24.3 Å². The number of methoxy groups -OCH3 is 1. The molecule has 0 saturated heterocycles. The number of nitrogens with zero attached hydrogens (tertiary/aromatic N) is 3. The molecule has 0 radical (unpaired) electrons. The number of rotatable bonds is 3. The number of nitroso groups, excluding NO2 is 1. The molecule has 0 bridgehead atoms. The van der Waals surface area contributed by atoms with Crippen molar-refractivity contribution in [2.75, 3.05) is 7.11 Å². The monoisotopic (exact) mass is 319 g/mol. The van der Waals surface area contributed by atoms with Crippen molar-refractivity contribution >= 4 is 27.5 Å². The first-order valence-corrected chi connectivity index (χ1v) is 7.33. The molecule has 0 aliphatic carbocycles. The fraction of sp³-hybridized carbons (Fsp3) is 0.0556. The third kappa shape index (κ3) is 1.93.